The van der Waals surface area contributed by atoms with Crippen molar-refractivity contribution in [3.8, 4) is 5.75 Å². The number of thioether (sulfide) groups is 1. The number of rotatable bonds is 7. The highest BCUT2D eigenvalue weighted by atomic mass is 32.2. The van der Waals surface area contributed by atoms with E-state index in [2.05, 4.69) is 15.5 Å². The lowest BCUT2D eigenvalue weighted by Gasteiger charge is -2.07. The molecular formula is C19H14F3N3O4S. The number of carbonyl (C=O) groups is 2. The fraction of sp³-hybridized carbons (Fsp3) is 0.158. The van der Waals surface area contributed by atoms with Crippen molar-refractivity contribution in [3.63, 3.8) is 0 Å². The van der Waals surface area contributed by atoms with Crippen molar-refractivity contribution in [1.82, 2.24) is 5.32 Å². The van der Waals surface area contributed by atoms with E-state index < -0.39 is 34.6 Å². The summed E-state index contributed by atoms with van der Waals surface area (Å²) in [7, 11) is 0. The summed E-state index contributed by atoms with van der Waals surface area (Å²) >= 11 is 0.981. The number of ether oxygens (including phenoxy) is 1. The number of carboxylic acids is 1. The Morgan fingerprint density at radius 1 is 1.23 bits per heavy atom. The van der Waals surface area contributed by atoms with Crippen LogP contribution in [-0.4, -0.2) is 33.6 Å². The minimum absolute atomic E-state index is 0.0243. The molecule has 0 radical (unpaired) electrons. The maximum atomic E-state index is 13.2. The van der Waals surface area contributed by atoms with E-state index in [-0.39, 0.29) is 23.9 Å². The highest BCUT2D eigenvalue weighted by Crippen LogP contribution is 2.22. The van der Waals surface area contributed by atoms with Gasteiger partial charge in [0.1, 0.15) is 17.6 Å². The Labute approximate surface area is 172 Å². The van der Waals surface area contributed by atoms with E-state index in [0.29, 0.717) is 11.1 Å². The van der Waals surface area contributed by atoms with Crippen LogP contribution in [0.2, 0.25) is 0 Å². The highest BCUT2D eigenvalue weighted by molar-refractivity contribution is 8.15. The van der Waals surface area contributed by atoms with Crippen molar-refractivity contribution < 1.29 is 32.6 Å². The first kappa shape index (κ1) is 21.4. The summed E-state index contributed by atoms with van der Waals surface area (Å²) in [6.45, 7) is -0.0243. The zero-order valence-electron chi connectivity index (χ0n) is 15.1. The molecule has 0 saturated carbocycles. The van der Waals surface area contributed by atoms with Gasteiger partial charge in [0.15, 0.2) is 22.6 Å². The molecule has 3 rings (SSSR count). The van der Waals surface area contributed by atoms with E-state index in [4.69, 9.17) is 9.84 Å². The van der Waals surface area contributed by atoms with Crippen molar-refractivity contribution in [2.24, 2.45) is 10.2 Å². The number of nitrogens with one attached hydrogen (secondary N) is 1. The molecule has 0 bridgehead atoms. The van der Waals surface area contributed by atoms with Gasteiger partial charge in [-0.05, 0) is 17.2 Å². The Bertz CT molecular complexity index is 1020. The largest absolute Gasteiger partial charge is 0.489 e. The number of carboxylic acid groups (broad SMARTS) is 1. The van der Waals surface area contributed by atoms with Crippen LogP contribution in [-0.2, 0) is 16.2 Å². The molecule has 0 aliphatic carbocycles. The van der Waals surface area contributed by atoms with Gasteiger partial charge in [0.2, 0.25) is 5.91 Å². The van der Waals surface area contributed by atoms with Gasteiger partial charge in [-0.2, -0.15) is 5.10 Å². The Morgan fingerprint density at radius 2 is 1.97 bits per heavy atom. The molecule has 1 aliphatic heterocycles. The van der Waals surface area contributed by atoms with Crippen LogP contribution < -0.4 is 10.1 Å². The van der Waals surface area contributed by atoms with Crippen LogP contribution in [0.25, 0.3) is 0 Å². The van der Waals surface area contributed by atoms with Crippen LogP contribution in [0.3, 0.4) is 0 Å². The third-order valence-corrected chi connectivity index (χ3v) is 4.88. The van der Waals surface area contributed by atoms with E-state index in [1.807, 2.05) is 0 Å². The summed E-state index contributed by atoms with van der Waals surface area (Å²) in [6.07, 6.45) is 1.09. The summed E-state index contributed by atoms with van der Waals surface area (Å²) in [5.41, 5.74) is 1.29. The van der Waals surface area contributed by atoms with Crippen molar-refractivity contribution in [3.05, 3.63) is 65.0 Å². The number of nitrogens with zero attached hydrogens (tertiary/aromatic N) is 2. The van der Waals surface area contributed by atoms with E-state index in [1.165, 1.54) is 6.21 Å². The summed E-state index contributed by atoms with van der Waals surface area (Å²) < 4.78 is 44.7. The van der Waals surface area contributed by atoms with Gasteiger partial charge in [0, 0.05) is 12.1 Å². The predicted octanol–water partition coefficient (Wildman–Crippen LogP) is 3.08. The van der Waals surface area contributed by atoms with E-state index in [0.717, 1.165) is 23.9 Å². The second-order valence-electron chi connectivity index (χ2n) is 6.08. The molecule has 1 unspecified atom stereocenters. The maximum absolute atomic E-state index is 13.2. The summed E-state index contributed by atoms with van der Waals surface area (Å²) in [6, 6.07) is 8.33. The number of carbonyl (C=O) groups excluding carboxylic acids is 1. The molecule has 2 aromatic carbocycles. The van der Waals surface area contributed by atoms with Crippen LogP contribution in [0.1, 0.15) is 17.5 Å². The monoisotopic (exact) mass is 437 g/mol. The second-order valence-corrected chi connectivity index (χ2v) is 7.27. The SMILES string of the molecule is O=C(O)CC1SC(=NN=Cc2cccc(COc3cc(F)c(F)c(F)c3)c2)NC1=O. The summed E-state index contributed by atoms with van der Waals surface area (Å²) in [5, 5.41) is 18.4. The van der Waals surface area contributed by atoms with Crippen molar-refractivity contribution in [2.75, 3.05) is 0 Å². The van der Waals surface area contributed by atoms with Gasteiger partial charge in [0.05, 0.1) is 12.6 Å². The molecule has 1 fully saturated rings. The Morgan fingerprint density at radius 3 is 2.67 bits per heavy atom. The maximum Gasteiger partial charge on any atom is 0.305 e. The molecule has 30 heavy (non-hydrogen) atoms. The van der Waals surface area contributed by atoms with Crippen LogP contribution in [0.4, 0.5) is 13.2 Å². The van der Waals surface area contributed by atoms with E-state index in [1.54, 1.807) is 24.3 Å². The summed E-state index contributed by atoms with van der Waals surface area (Å²) in [5.74, 6) is -5.92. The lowest BCUT2D eigenvalue weighted by Crippen LogP contribution is -2.26. The van der Waals surface area contributed by atoms with E-state index >= 15 is 0 Å². The first-order valence-electron chi connectivity index (χ1n) is 8.48. The minimum atomic E-state index is -1.56. The first-order valence-corrected chi connectivity index (χ1v) is 9.36. The molecule has 1 saturated heterocycles. The molecule has 0 spiro atoms. The first-order chi connectivity index (χ1) is 14.3. The van der Waals surface area contributed by atoms with Gasteiger partial charge >= 0.3 is 5.97 Å². The number of amidine groups is 1. The lowest BCUT2D eigenvalue weighted by molar-refractivity contribution is -0.138. The Kier molecular flexibility index (Phi) is 6.72. The van der Waals surface area contributed by atoms with Gasteiger partial charge < -0.3 is 15.2 Å². The number of halogens is 3. The Balaban J connectivity index is 1.60. The van der Waals surface area contributed by atoms with Gasteiger partial charge in [-0.15, -0.1) is 5.10 Å². The minimum Gasteiger partial charge on any atom is -0.489 e. The van der Waals surface area contributed by atoms with Crippen LogP contribution >= 0.6 is 11.8 Å². The van der Waals surface area contributed by atoms with Gasteiger partial charge in [-0.3, -0.25) is 9.59 Å². The number of benzene rings is 2. The smallest absolute Gasteiger partial charge is 0.305 e. The zero-order valence-corrected chi connectivity index (χ0v) is 16.0. The number of hydrogen-bond donors (Lipinski definition) is 2. The molecular weight excluding hydrogens is 423 g/mol. The Hall–Kier alpha value is -3.34. The average molecular weight is 437 g/mol. The van der Waals surface area contributed by atoms with Crippen LogP contribution in [0.15, 0.2) is 46.6 Å². The molecule has 0 aromatic heterocycles. The molecule has 1 amide bonds. The van der Waals surface area contributed by atoms with Crippen LogP contribution in [0.5, 0.6) is 5.75 Å². The van der Waals surface area contributed by atoms with Gasteiger partial charge in [-0.1, -0.05) is 30.0 Å². The summed E-state index contributed by atoms with van der Waals surface area (Å²) in [4.78, 5) is 22.3. The molecule has 2 aromatic rings. The van der Waals surface area contributed by atoms with Gasteiger partial charge in [-0.25, -0.2) is 13.2 Å². The zero-order chi connectivity index (χ0) is 21.7. The van der Waals surface area contributed by atoms with Crippen molar-refractivity contribution >= 4 is 35.0 Å². The molecule has 1 heterocycles. The standard InChI is InChI=1S/C19H14F3N3O4S/c20-13-5-12(6-14(21)17(13)22)29-9-11-3-1-2-10(4-11)8-23-25-19-24-18(28)15(30-19)7-16(26)27/h1-6,8,15H,7,9H2,(H,26,27)(H,24,25,28). The molecule has 156 valence electrons. The third-order valence-electron chi connectivity index (χ3n) is 3.81. The fourth-order valence-electron chi connectivity index (χ4n) is 2.44. The fourth-order valence-corrected chi connectivity index (χ4v) is 3.35. The van der Waals surface area contributed by atoms with E-state index in [9.17, 15) is 22.8 Å². The van der Waals surface area contributed by atoms with Crippen molar-refractivity contribution in [2.45, 2.75) is 18.3 Å². The number of amides is 1. The number of hydrogen-bond acceptors (Lipinski definition) is 6. The molecule has 7 nitrogen and oxygen atoms in total. The quantitative estimate of drug-likeness (QED) is 0.394. The molecule has 1 atom stereocenters. The van der Waals surface area contributed by atoms with Gasteiger partial charge in [0.25, 0.3) is 0 Å². The van der Waals surface area contributed by atoms with Crippen LogP contribution in [0, 0.1) is 17.5 Å². The van der Waals surface area contributed by atoms with Crippen molar-refractivity contribution in [1.29, 1.82) is 0 Å². The third kappa shape index (κ3) is 5.60. The molecule has 2 N–H and O–H groups in total. The highest BCUT2D eigenvalue weighted by Gasteiger charge is 2.32. The topological polar surface area (TPSA) is 100 Å². The average Bonchev–Trinajstić information content (AvgIpc) is 3.03. The molecule has 1 aliphatic rings. The number of aliphatic carboxylic acids is 1. The lowest BCUT2D eigenvalue weighted by atomic mass is 10.1. The predicted molar refractivity (Wildman–Crippen MR) is 104 cm³/mol. The second kappa shape index (κ2) is 9.44. The normalized spacial score (nSPS) is 17.5. The molecule has 11 heteroatoms.